The number of ether oxygens (including phenoxy) is 2. The van der Waals surface area contributed by atoms with Crippen LogP contribution >= 0.6 is 15.9 Å². The summed E-state index contributed by atoms with van der Waals surface area (Å²) in [7, 11) is 0. The Kier molecular flexibility index (Phi) is 6.30. The van der Waals surface area contributed by atoms with Crippen LogP contribution in [0, 0.1) is 12.7 Å². The Morgan fingerprint density at radius 1 is 0.909 bits per heavy atom. The normalized spacial score (nSPS) is 17.4. The van der Waals surface area contributed by atoms with E-state index in [1.807, 2.05) is 48.5 Å². The summed E-state index contributed by atoms with van der Waals surface area (Å²) in [5.41, 5.74) is 6.22. The molecule has 0 saturated heterocycles. The molecule has 0 saturated carbocycles. The van der Waals surface area contributed by atoms with E-state index in [9.17, 15) is 4.39 Å². The van der Waals surface area contributed by atoms with Crippen molar-refractivity contribution >= 4 is 15.9 Å². The standard InChI is InChI=1S/C29H24BrFO2/c1-19-15-22(9-14-27(19)31)29-28(21-7-10-24(30)11-8-21)26-13-12-25(16-23(26)18-33-29)32-17-20-5-3-2-4-6-20/h2-16,28-29H,17-18H2,1H3. The quantitative estimate of drug-likeness (QED) is 0.276. The Balaban J connectivity index is 1.49. The number of rotatable bonds is 5. The highest BCUT2D eigenvalue weighted by molar-refractivity contribution is 9.10. The van der Waals surface area contributed by atoms with Gasteiger partial charge in [0.15, 0.2) is 0 Å². The van der Waals surface area contributed by atoms with Gasteiger partial charge in [0, 0.05) is 10.4 Å². The van der Waals surface area contributed by atoms with Gasteiger partial charge in [0.1, 0.15) is 18.2 Å². The summed E-state index contributed by atoms with van der Waals surface area (Å²) in [5, 5.41) is 0. The summed E-state index contributed by atoms with van der Waals surface area (Å²) in [6.07, 6.45) is -0.200. The van der Waals surface area contributed by atoms with Gasteiger partial charge < -0.3 is 9.47 Å². The summed E-state index contributed by atoms with van der Waals surface area (Å²) < 4.78 is 27.4. The van der Waals surface area contributed by atoms with Crippen LogP contribution in [0.2, 0.25) is 0 Å². The fraction of sp³-hybridized carbons (Fsp3) is 0.172. The SMILES string of the molecule is Cc1cc(C2OCc3cc(OCc4ccccc4)ccc3C2c2ccc(Br)cc2)ccc1F. The first kappa shape index (κ1) is 21.9. The molecular formula is C29H24BrFO2. The van der Waals surface area contributed by atoms with Crippen LogP contribution in [0.4, 0.5) is 4.39 Å². The second-order valence-electron chi connectivity index (χ2n) is 8.40. The number of hydrogen-bond donors (Lipinski definition) is 0. The van der Waals surface area contributed by atoms with Gasteiger partial charge in [-0.3, -0.25) is 0 Å². The molecule has 2 atom stereocenters. The molecule has 4 aromatic carbocycles. The first-order valence-electron chi connectivity index (χ1n) is 11.0. The van der Waals surface area contributed by atoms with E-state index in [-0.39, 0.29) is 17.8 Å². The fourth-order valence-corrected chi connectivity index (χ4v) is 4.70. The maximum Gasteiger partial charge on any atom is 0.126 e. The van der Waals surface area contributed by atoms with Gasteiger partial charge in [-0.05, 0) is 70.6 Å². The van der Waals surface area contributed by atoms with E-state index in [4.69, 9.17) is 9.47 Å². The molecule has 1 aliphatic rings. The third-order valence-corrected chi connectivity index (χ3v) is 6.69. The van der Waals surface area contributed by atoms with Gasteiger partial charge in [0.05, 0.1) is 12.7 Å². The zero-order valence-corrected chi connectivity index (χ0v) is 19.9. The van der Waals surface area contributed by atoms with E-state index >= 15 is 0 Å². The van der Waals surface area contributed by atoms with Crippen LogP contribution in [0.25, 0.3) is 0 Å². The predicted molar refractivity (Wildman–Crippen MR) is 132 cm³/mol. The van der Waals surface area contributed by atoms with Crippen molar-refractivity contribution in [1.82, 2.24) is 0 Å². The first-order chi connectivity index (χ1) is 16.1. The van der Waals surface area contributed by atoms with E-state index in [0.717, 1.165) is 32.5 Å². The summed E-state index contributed by atoms with van der Waals surface area (Å²) >= 11 is 3.54. The molecule has 0 fully saturated rings. The number of hydrogen-bond acceptors (Lipinski definition) is 2. The van der Waals surface area contributed by atoms with Crippen LogP contribution in [-0.2, 0) is 18.0 Å². The molecule has 4 aromatic rings. The van der Waals surface area contributed by atoms with Crippen LogP contribution in [0.1, 0.15) is 45.4 Å². The van der Waals surface area contributed by atoms with Crippen molar-refractivity contribution in [3.05, 3.63) is 135 Å². The molecular weight excluding hydrogens is 479 g/mol. The monoisotopic (exact) mass is 502 g/mol. The smallest absolute Gasteiger partial charge is 0.126 e. The van der Waals surface area contributed by atoms with Crippen molar-refractivity contribution in [2.75, 3.05) is 0 Å². The minimum Gasteiger partial charge on any atom is -0.489 e. The van der Waals surface area contributed by atoms with Crippen molar-refractivity contribution < 1.29 is 13.9 Å². The second-order valence-corrected chi connectivity index (χ2v) is 9.32. The van der Waals surface area contributed by atoms with E-state index in [2.05, 4.69) is 52.3 Å². The Morgan fingerprint density at radius 3 is 2.42 bits per heavy atom. The zero-order valence-electron chi connectivity index (χ0n) is 18.3. The minimum atomic E-state index is -0.200. The molecule has 166 valence electrons. The summed E-state index contributed by atoms with van der Waals surface area (Å²) in [6.45, 7) is 2.79. The van der Waals surface area contributed by atoms with E-state index in [0.29, 0.717) is 18.8 Å². The molecule has 2 unspecified atom stereocenters. The van der Waals surface area contributed by atoms with Crippen molar-refractivity contribution in [1.29, 1.82) is 0 Å². The highest BCUT2D eigenvalue weighted by Crippen LogP contribution is 2.46. The molecule has 4 heteroatoms. The van der Waals surface area contributed by atoms with Gasteiger partial charge >= 0.3 is 0 Å². The summed E-state index contributed by atoms with van der Waals surface area (Å²) in [6, 6.07) is 30.0. The molecule has 33 heavy (non-hydrogen) atoms. The molecule has 1 aliphatic heterocycles. The highest BCUT2D eigenvalue weighted by atomic mass is 79.9. The van der Waals surface area contributed by atoms with Gasteiger partial charge in [-0.1, -0.05) is 76.6 Å². The van der Waals surface area contributed by atoms with Gasteiger partial charge in [0.2, 0.25) is 0 Å². The van der Waals surface area contributed by atoms with Crippen LogP contribution in [0.15, 0.2) is 95.5 Å². The van der Waals surface area contributed by atoms with Crippen molar-refractivity contribution in [3.63, 3.8) is 0 Å². The number of benzene rings is 4. The maximum atomic E-state index is 13.9. The molecule has 0 amide bonds. The molecule has 0 bridgehead atoms. The maximum absolute atomic E-state index is 13.9. The Hall–Kier alpha value is -2.95. The first-order valence-corrected chi connectivity index (χ1v) is 11.8. The zero-order chi connectivity index (χ0) is 22.8. The molecule has 0 spiro atoms. The third-order valence-electron chi connectivity index (χ3n) is 6.16. The van der Waals surface area contributed by atoms with E-state index in [1.54, 1.807) is 6.92 Å². The number of aryl methyl sites for hydroxylation is 1. The predicted octanol–water partition coefficient (Wildman–Crippen LogP) is 7.88. The molecule has 2 nitrogen and oxygen atoms in total. The average molecular weight is 503 g/mol. The van der Waals surface area contributed by atoms with Gasteiger partial charge in [0.25, 0.3) is 0 Å². The fourth-order valence-electron chi connectivity index (χ4n) is 4.44. The molecule has 0 aromatic heterocycles. The minimum absolute atomic E-state index is 0.00474. The molecule has 0 N–H and O–H groups in total. The van der Waals surface area contributed by atoms with Crippen LogP contribution in [0.5, 0.6) is 5.75 Å². The van der Waals surface area contributed by atoms with E-state index in [1.165, 1.54) is 11.6 Å². The third kappa shape index (κ3) is 4.73. The van der Waals surface area contributed by atoms with Crippen LogP contribution in [0.3, 0.4) is 0 Å². The molecule has 0 radical (unpaired) electrons. The van der Waals surface area contributed by atoms with Crippen molar-refractivity contribution in [3.8, 4) is 5.75 Å². The van der Waals surface area contributed by atoms with Crippen LogP contribution in [-0.4, -0.2) is 0 Å². The summed E-state index contributed by atoms with van der Waals surface area (Å²) in [4.78, 5) is 0. The van der Waals surface area contributed by atoms with Crippen molar-refractivity contribution in [2.45, 2.75) is 32.2 Å². The van der Waals surface area contributed by atoms with Gasteiger partial charge in [-0.2, -0.15) is 0 Å². The van der Waals surface area contributed by atoms with Gasteiger partial charge in [-0.25, -0.2) is 4.39 Å². The molecule has 5 rings (SSSR count). The molecule has 0 aliphatic carbocycles. The lowest BCUT2D eigenvalue weighted by atomic mass is 9.79. The Bertz CT molecular complexity index is 1250. The molecule has 1 heterocycles. The lowest BCUT2D eigenvalue weighted by Crippen LogP contribution is -2.23. The number of fused-ring (bicyclic) bond motifs is 1. The highest BCUT2D eigenvalue weighted by Gasteiger charge is 2.33. The van der Waals surface area contributed by atoms with Crippen molar-refractivity contribution in [2.24, 2.45) is 0 Å². The van der Waals surface area contributed by atoms with Gasteiger partial charge in [-0.15, -0.1) is 0 Å². The Morgan fingerprint density at radius 2 is 1.67 bits per heavy atom. The summed E-state index contributed by atoms with van der Waals surface area (Å²) in [5.74, 6) is 0.622. The lowest BCUT2D eigenvalue weighted by molar-refractivity contribution is 0.0147. The second kappa shape index (κ2) is 9.50. The number of halogens is 2. The largest absolute Gasteiger partial charge is 0.489 e. The van der Waals surface area contributed by atoms with E-state index < -0.39 is 0 Å². The topological polar surface area (TPSA) is 18.5 Å². The Labute approximate surface area is 202 Å². The lowest BCUT2D eigenvalue weighted by Gasteiger charge is -2.35. The average Bonchev–Trinajstić information content (AvgIpc) is 2.85. The van der Waals surface area contributed by atoms with Crippen LogP contribution < -0.4 is 4.74 Å².